The van der Waals surface area contributed by atoms with Crippen molar-refractivity contribution < 1.29 is 57.3 Å². The zero-order valence-electron chi connectivity index (χ0n) is 80.4. The Labute approximate surface area is 763 Å². The van der Waals surface area contributed by atoms with Gasteiger partial charge in [0, 0.05) is 134 Å². The molecule has 0 spiro atoms. The molecule has 0 fully saturated rings. The highest BCUT2D eigenvalue weighted by Gasteiger charge is 2.31. The van der Waals surface area contributed by atoms with Crippen LogP contribution in [0.5, 0.6) is 0 Å². The second kappa shape index (κ2) is 47.8. The van der Waals surface area contributed by atoms with Gasteiger partial charge in [0.05, 0.1) is 26.4 Å². The lowest BCUT2D eigenvalue weighted by atomic mass is 9.95. The van der Waals surface area contributed by atoms with Crippen molar-refractivity contribution in [1.82, 2.24) is 96.7 Å². The van der Waals surface area contributed by atoms with Crippen LogP contribution in [0, 0.1) is 21.7 Å². The second-order valence-corrected chi connectivity index (χ2v) is 39.0. The van der Waals surface area contributed by atoms with Crippen LogP contribution in [0.25, 0.3) is 45.6 Å². The van der Waals surface area contributed by atoms with Gasteiger partial charge in [-0.1, -0.05) is 101 Å². The molecule has 36 nitrogen and oxygen atoms in total. The van der Waals surface area contributed by atoms with E-state index in [-0.39, 0.29) is 65.6 Å². The minimum Gasteiger partial charge on any atom is -0.450 e. The summed E-state index contributed by atoms with van der Waals surface area (Å²) < 4.78 is 21.2. The average molecular weight is 1790 g/mol. The first kappa shape index (κ1) is 106. The van der Waals surface area contributed by atoms with E-state index in [0.29, 0.717) is 134 Å². The number of ether oxygens (including phenoxy) is 4. The van der Waals surface area contributed by atoms with Crippen molar-refractivity contribution in [3.8, 4) is 45.6 Å². The fourth-order valence-electron chi connectivity index (χ4n) is 10.3. The number of para-hydroxylation sites is 1. The summed E-state index contributed by atoms with van der Waals surface area (Å²) in [6.45, 7) is 46.8. The van der Waals surface area contributed by atoms with Crippen molar-refractivity contribution in [2.75, 3.05) is 66.7 Å². The summed E-state index contributed by atoms with van der Waals surface area (Å²) in [6, 6.07) is 38.3. The summed E-state index contributed by atoms with van der Waals surface area (Å²) >= 11 is 0. The van der Waals surface area contributed by atoms with Gasteiger partial charge in [0.2, 0.25) is 46.9 Å². The van der Waals surface area contributed by atoms with Crippen LogP contribution in [0.2, 0.25) is 0 Å². The number of alkyl carbamates (subject to hydrolysis) is 1. The molecule has 5 aromatic carbocycles. The molecule has 8 amide bonds. The van der Waals surface area contributed by atoms with Gasteiger partial charge in [0.15, 0.2) is 23.3 Å². The standard InChI is InChI=1S/C27H34N6O3.C23H34N6O3.2C22H32N6O3/c1-26(2,3)24(34)28-20-16-14-19(15-17-20)23-31-29-22(30-32-23)13-10-18-36-25(35)33(27(4,5)6)21-11-8-7-9-12-21;1-22(2,3)20(30)24-17-13-11-16(12-14-17)19-27-25-18(26-28-19)10-8-9-15-32-21(31)29(7)23(4,5)6;1-21(2,3)19(29)23-16-12-10-15(11-13-16)18-26-24-17(25-27-18)9-8-14-31-20(30)28(7)22(4,5)6;1-21(2,3)19(29)23-16-12-10-15(11-13-16)18-27-25-17(26-28-18)9-7-8-14-31-20(30)24-22(4,5)6/h7-9,11-12,14-17H,10,13,18H2,1-6H3,(H,28,34);11-14H,8-10,15H2,1-7H3,(H,24,30);10-13H,8-9,14H2,1-7H3,(H,23,29);10-13H,7-9,14H2,1-6H3,(H,23,29)(H,24,30). The zero-order valence-corrected chi connectivity index (χ0v) is 80.4. The molecule has 4 aromatic heterocycles. The summed E-state index contributed by atoms with van der Waals surface area (Å²) in [5, 5.41) is 80.5. The van der Waals surface area contributed by atoms with Gasteiger partial charge in [-0.15, -0.1) is 81.6 Å². The lowest BCUT2D eigenvalue weighted by molar-refractivity contribution is -0.123. The van der Waals surface area contributed by atoms with E-state index in [0.717, 1.165) is 40.8 Å². The first-order valence-electron chi connectivity index (χ1n) is 43.4. The molecule has 0 radical (unpaired) electrons. The van der Waals surface area contributed by atoms with Crippen LogP contribution >= 0.6 is 0 Å². The lowest BCUT2D eigenvalue weighted by Crippen LogP contribution is -2.46. The highest BCUT2D eigenvalue weighted by atomic mass is 16.6. The van der Waals surface area contributed by atoms with Gasteiger partial charge in [0.25, 0.3) is 0 Å². The predicted octanol–water partition coefficient (Wildman–Crippen LogP) is 16.9. The molecule has 9 aromatic rings. The summed E-state index contributed by atoms with van der Waals surface area (Å²) in [4.78, 5) is 101. The second-order valence-electron chi connectivity index (χ2n) is 39.0. The lowest BCUT2D eigenvalue weighted by Gasteiger charge is -2.34. The Balaban J connectivity index is 0.000000268. The summed E-state index contributed by atoms with van der Waals surface area (Å²) in [7, 11) is 3.44. The fourth-order valence-corrected chi connectivity index (χ4v) is 10.3. The number of unbranched alkanes of at least 4 members (excludes halogenated alkanes) is 2. The molecule has 0 unspecified atom stereocenters. The summed E-state index contributed by atoms with van der Waals surface area (Å²) in [5.41, 5.74) is 3.45. The molecule has 130 heavy (non-hydrogen) atoms. The van der Waals surface area contributed by atoms with Gasteiger partial charge in [0.1, 0.15) is 0 Å². The van der Waals surface area contributed by atoms with Crippen LogP contribution in [-0.2, 0) is 63.8 Å². The number of hydrogen-bond acceptors (Lipinski definition) is 28. The molecule has 0 saturated heterocycles. The van der Waals surface area contributed by atoms with Crippen LogP contribution in [0.1, 0.15) is 228 Å². The molecule has 0 bridgehead atoms. The third-order valence-corrected chi connectivity index (χ3v) is 18.9. The van der Waals surface area contributed by atoms with E-state index >= 15 is 0 Å². The van der Waals surface area contributed by atoms with Crippen molar-refractivity contribution >= 4 is 76.4 Å². The van der Waals surface area contributed by atoms with Crippen molar-refractivity contribution in [2.24, 2.45) is 21.7 Å². The molecule has 0 aliphatic heterocycles. The first-order valence-corrected chi connectivity index (χ1v) is 43.4. The number of hydrogen-bond donors (Lipinski definition) is 5. The van der Waals surface area contributed by atoms with Crippen molar-refractivity contribution in [2.45, 2.75) is 253 Å². The van der Waals surface area contributed by atoms with E-state index in [1.54, 1.807) is 77.3 Å². The Morgan fingerprint density at radius 3 is 0.754 bits per heavy atom. The Kier molecular flexibility index (Phi) is 38.8. The van der Waals surface area contributed by atoms with Crippen molar-refractivity contribution in [3.63, 3.8) is 0 Å². The van der Waals surface area contributed by atoms with E-state index in [1.807, 2.05) is 245 Å². The van der Waals surface area contributed by atoms with Crippen LogP contribution in [-0.4, -0.2) is 202 Å². The molecular formula is C94H132N24O12. The molecule has 5 N–H and O–H groups in total. The SMILES string of the molecule is CC(C)(C)C(=O)Nc1ccc(-c2nnc(CCCOC(=O)N(c3ccccc3)C(C)(C)C)nn2)cc1.CC(C)(C)NC(=O)OCCCCc1nnc(-c2ccc(NC(=O)C(C)(C)C)cc2)nn1.CN(C(=O)OCCCCc1nnc(-c2ccc(NC(=O)C(C)(C)C)cc2)nn1)C(C)(C)C.CN(C(=O)OCCCc1nnc(-c2ccc(NC(=O)C(C)(C)C)cc2)nn1)C(C)(C)C. The number of aromatic nitrogens is 16. The number of nitrogens with zero attached hydrogens (tertiary/aromatic N) is 19. The van der Waals surface area contributed by atoms with Gasteiger partial charge in [-0.3, -0.25) is 24.1 Å². The maximum atomic E-state index is 12.8. The molecule has 0 atom stereocenters. The highest BCUT2D eigenvalue weighted by molar-refractivity contribution is 5.97. The van der Waals surface area contributed by atoms with E-state index in [9.17, 15) is 38.4 Å². The van der Waals surface area contributed by atoms with Crippen LogP contribution in [0.15, 0.2) is 127 Å². The van der Waals surface area contributed by atoms with E-state index < -0.39 is 39.4 Å². The molecule has 0 aliphatic carbocycles. The molecule has 0 saturated carbocycles. The molecule has 9 rings (SSSR count). The van der Waals surface area contributed by atoms with E-state index in [2.05, 4.69) is 108 Å². The number of rotatable bonds is 27. The normalized spacial score (nSPS) is 11.7. The average Bonchev–Trinajstić information content (AvgIpc) is 0.806. The summed E-state index contributed by atoms with van der Waals surface area (Å²) in [6.07, 6.45) is 4.73. The Bertz CT molecular complexity index is 5080. The maximum Gasteiger partial charge on any atom is 0.414 e. The Morgan fingerprint density at radius 1 is 0.277 bits per heavy atom. The largest absolute Gasteiger partial charge is 0.450 e. The number of aryl methyl sites for hydroxylation is 4. The van der Waals surface area contributed by atoms with Crippen LogP contribution < -0.4 is 31.5 Å². The van der Waals surface area contributed by atoms with E-state index in [1.165, 1.54) is 0 Å². The Morgan fingerprint density at radius 2 is 0.515 bits per heavy atom. The highest BCUT2D eigenvalue weighted by Crippen LogP contribution is 2.29. The molecular weight excluding hydrogens is 1660 g/mol. The van der Waals surface area contributed by atoms with E-state index in [4.69, 9.17) is 18.9 Å². The Hall–Kier alpha value is -13.2. The molecule has 4 heterocycles. The van der Waals surface area contributed by atoms with Crippen molar-refractivity contribution in [3.05, 3.63) is 151 Å². The monoisotopic (exact) mass is 1790 g/mol. The maximum absolute atomic E-state index is 12.8. The number of benzene rings is 5. The predicted molar refractivity (Wildman–Crippen MR) is 499 cm³/mol. The number of amides is 8. The minimum atomic E-state index is -0.475. The fraction of sp³-hybridized carbons (Fsp3) is 0.511. The minimum absolute atomic E-state index is 0.0508. The summed E-state index contributed by atoms with van der Waals surface area (Å²) in [5.74, 6) is 3.44. The molecule has 36 heteroatoms. The van der Waals surface area contributed by atoms with Crippen LogP contribution in [0.3, 0.4) is 0 Å². The topological polar surface area (TPSA) is 450 Å². The number of anilines is 5. The van der Waals surface area contributed by atoms with Gasteiger partial charge >= 0.3 is 24.4 Å². The van der Waals surface area contributed by atoms with Gasteiger partial charge in [-0.05, 0) is 231 Å². The third-order valence-electron chi connectivity index (χ3n) is 18.9. The zero-order chi connectivity index (χ0) is 96.6. The van der Waals surface area contributed by atoms with Crippen LogP contribution in [0.4, 0.5) is 47.6 Å². The third kappa shape index (κ3) is 37.3. The smallest absolute Gasteiger partial charge is 0.414 e. The van der Waals surface area contributed by atoms with Gasteiger partial charge in [-0.25, -0.2) is 19.2 Å². The first-order chi connectivity index (χ1) is 60.6. The number of carbonyl (C=O) groups is 8. The molecule has 700 valence electrons. The quantitative estimate of drug-likeness (QED) is 0.0236. The van der Waals surface area contributed by atoms with Gasteiger partial charge in [-0.2, -0.15) is 0 Å². The molecule has 0 aliphatic rings. The number of carbonyl (C=O) groups excluding carboxylic acids is 8. The van der Waals surface area contributed by atoms with Gasteiger partial charge < -0.3 is 55.3 Å². The van der Waals surface area contributed by atoms with Crippen molar-refractivity contribution in [1.29, 1.82) is 0 Å². The number of nitrogens with one attached hydrogen (secondary N) is 5.